The van der Waals surface area contributed by atoms with Crippen LogP contribution in [0.15, 0.2) is 22.9 Å². The van der Waals surface area contributed by atoms with E-state index in [2.05, 4.69) is 26.0 Å². The molecular formula is C10H11BrN4O. The normalized spacial score (nSPS) is 10.7. The Hall–Kier alpha value is -1.43. The van der Waals surface area contributed by atoms with Gasteiger partial charge in [0.15, 0.2) is 0 Å². The van der Waals surface area contributed by atoms with Gasteiger partial charge in [0, 0.05) is 24.8 Å². The van der Waals surface area contributed by atoms with Crippen LogP contribution in [0.1, 0.15) is 0 Å². The second-order valence-corrected chi connectivity index (χ2v) is 4.56. The lowest BCUT2D eigenvalue weighted by Gasteiger charge is -2.10. The van der Waals surface area contributed by atoms with Gasteiger partial charge in [-0.3, -0.25) is 14.5 Å². The fraction of sp³-hybridized carbons (Fsp3) is 0.300. The highest BCUT2D eigenvalue weighted by Gasteiger charge is 2.09. The Labute approximate surface area is 101 Å². The summed E-state index contributed by atoms with van der Waals surface area (Å²) in [6.45, 7) is 0.231. The highest BCUT2D eigenvalue weighted by atomic mass is 79.9. The number of pyridine rings is 1. The highest BCUT2D eigenvalue weighted by molar-refractivity contribution is 9.10. The second kappa shape index (κ2) is 4.21. The number of aromatic nitrogens is 3. The predicted octanol–water partition coefficient (Wildman–Crippen LogP) is 1.28. The molecule has 0 spiro atoms. The molecule has 0 bridgehead atoms. The van der Waals surface area contributed by atoms with Crippen LogP contribution in [0.2, 0.25) is 0 Å². The molecule has 0 aliphatic rings. The van der Waals surface area contributed by atoms with Crippen molar-refractivity contribution in [3.05, 3.63) is 22.9 Å². The Morgan fingerprint density at radius 3 is 2.94 bits per heavy atom. The third-order valence-electron chi connectivity index (χ3n) is 2.25. The molecule has 0 radical (unpaired) electrons. The minimum absolute atomic E-state index is 0.00461. The van der Waals surface area contributed by atoms with E-state index in [1.807, 2.05) is 6.07 Å². The molecule has 0 saturated heterocycles. The fourth-order valence-corrected chi connectivity index (χ4v) is 1.65. The number of likely N-dealkylation sites (N-methyl/N-ethyl adjacent to an activating group) is 1. The van der Waals surface area contributed by atoms with Crippen LogP contribution in [0, 0.1) is 0 Å². The summed E-state index contributed by atoms with van der Waals surface area (Å²) in [7, 11) is 3.45. The summed E-state index contributed by atoms with van der Waals surface area (Å²) in [5.41, 5.74) is 1.64. The molecule has 0 unspecified atom stereocenters. The predicted molar refractivity (Wildman–Crippen MR) is 63.9 cm³/mol. The van der Waals surface area contributed by atoms with Gasteiger partial charge in [0.05, 0.1) is 11.7 Å². The van der Waals surface area contributed by atoms with Gasteiger partial charge < -0.3 is 4.90 Å². The zero-order chi connectivity index (χ0) is 11.7. The van der Waals surface area contributed by atoms with Gasteiger partial charge in [0.25, 0.3) is 0 Å². The minimum Gasteiger partial charge on any atom is -0.347 e. The van der Waals surface area contributed by atoms with Crippen LogP contribution in [0.25, 0.3) is 11.0 Å². The Morgan fingerprint density at radius 1 is 1.50 bits per heavy atom. The summed E-state index contributed by atoms with van der Waals surface area (Å²) >= 11 is 3.35. The smallest absolute Gasteiger partial charge is 0.243 e. The van der Waals surface area contributed by atoms with Crippen molar-refractivity contribution >= 4 is 32.9 Å². The number of amides is 1. The van der Waals surface area contributed by atoms with E-state index in [-0.39, 0.29) is 12.5 Å². The van der Waals surface area contributed by atoms with Crippen molar-refractivity contribution in [2.24, 2.45) is 0 Å². The van der Waals surface area contributed by atoms with Crippen LogP contribution >= 0.6 is 15.9 Å². The van der Waals surface area contributed by atoms with Crippen LogP contribution in [-0.2, 0) is 11.3 Å². The lowest BCUT2D eigenvalue weighted by atomic mass is 10.4. The van der Waals surface area contributed by atoms with Crippen LogP contribution in [-0.4, -0.2) is 39.7 Å². The molecule has 2 heterocycles. The summed E-state index contributed by atoms with van der Waals surface area (Å²) in [5.74, 6) is 0.00461. The second-order valence-electron chi connectivity index (χ2n) is 3.65. The van der Waals surface area contributed by atoms with E-state index in [1.54, 1.807) is 36.1 Å². The monoisotopic (exact) mass is 282 g/mol. The molecule has 0 saturated carbocycles. The van der Waals surface area contributed by atoms with Gasteiger partial charge in [-0.1, -0.05) is 0 Å². The van der Waals surface area contributed by atoms with E-state index >= 15 is 0 Å². The maximum Gasteiger partial charge on any atom is 0.243 e. The Morgan fingerprint density at radius 2 is 2.25 bits per heavy atom. The number of carbonyl (C=O) groups is 1. The molecule has 1 amide bonds. The molecule has 0 atom stereocenters. The first-order valence-electron chi connectivity index (χ1n) is 4.75. The SMILES string of the molecule is CN(C)C(=O)Cn1ncc2ncc(Br)cc21. The van der Waals surface area contributed by atoms with Gasteiger partial charge in [-0.2, -0.15) is 5.10 Å². The first-order valence-corrected chi connectivity index (χ1v) is 5.54. The zero-order valence-electron chi connectivity index (χ0n) is 9.01. The van der Waals surface area contributed by atoms with Crippen molar-refractivity contribution in [2.45, 2.75) is 6.54 Å². The fourth-order valence-electron chi connectivity index (χ4n) is 1.33. The van der Waals surface area contributed by atoms with E-state index in [0.29, 0.717) is 0 Å². The quantitative estimate of drug-likeness (QED) is 0.834. The van der Waals surface area contributed by atoms with Crippen molar-refractivity contribution in [1.29, 1.82) is 0 Å². The highest BCUT2D eigenvalue weighted by Crippen LogP contribution is 2.16. The first-order chi connectivity index (χ1) is 7.58. The molecule has 16 heavy (non-hydrogen) atoms. The molecule has 0 N–H and O–H groups in total. The van der Waals surface area contributed by atoms with E-state index in [4.69, 9.17) is 0 Å². The Kier molecular flexibility index (Phi) is 2.91. The van der Waals surface area contributed by atoms with Crippen molar-refractivity contribution in [3.63, 3.8) is 0 Å². The molecule has 2 aromatic heterocycles. The molecule has 6 heteroatoms. The summed E-state index contributed by atoms with van der Waals surface area (Å²) in [5, 5.41) is 4.14. The van der Waals surface area contributed by atoms with Crippen molar-refractivity contribution in [1.82, 2.24) is 19.7 Å². The lowest BCUT2D eigenvalue weighted by Crippen LogP contribution is -2.26. The topological polar surface area (TPSA) is 51.0 Å². The molecule has 84 valence electrons. The maximum atomic E-state index is 11.6. The third kappa shape index (κ3) is 2.06. The van der Waals surface area contributed by atoms with Gasteiger partial charge in [0.1, 0.15) is 12.1 Å². The van der Waals surface area contributed by atoms with Gasteiger partial charge in [-0.05, 0) is 22.0 Å². The third-order valence-corrected chi connectivity index (χ3v) is 2.68. The molecule has 2 rings (SSSR count). The average Bonchev–Trinajstić information content (AvgIpc) is 2.61. The standard InChI is InChI=1S/C10H11BrN4O/c1-14(2)10(16)6-15-9-3-7(11)4-12-8(9)5-13-15/h3-5H,6H2,1-2H3. The largest absolute Gasteiger partial charge is 0.347 e. The zero-order valence-corrected chi connectivity index (χ0v) is 10.6. The first kappa shape index (κ1) is 11.1. The number of halogens is 1. The Bertz CT molecular complexity index is 535. The summed E-state index contributed by atoms with van der Waals surface area (Å²) in [4.78, 5) is 17.3. The van der Waals surface area contributed by atoms with E-state index in [9.17, 15) is 4.79 Å². The minimum atomic E-state index is 0.00461. The number of carbonyl (C=O) groups excluding carboxylic acids is 1. The number of hydrogen-bond acceptors (Lipinski definition) is 3. The van der Waals surface area contributed by atoms with Gasteiger partial charge in [-0.15, -0.1) is 0 Å². The van der Waals surface area contributed by atoms with Crippen molar-refractivity contribution < 1.29 is 4.79 Å². The molecule has 0 aliphatic heterocycles. The van der Waals surface area contributed by atoms with E-state index < -0.39 is 0 Å². The van der Waals surface area contributed by atoms with Gasteiger partial charge in [0.2, 0.25) is 5.91 Å². The number of rotatable bonds is 2. The summed E-state index contributed by atoms with van der Waals surface area (Å²) in [6, 6.07) is 1.90. The number of fused-ring (bicyclic) bond motifs is 1. The molecule has 2 aromatic rings. The van der Waals surface area contributed by atoms with Crippen LogP contribution in [0.5, 0.6) is 0 Å². The molecule has 5 nitrogen and oxygen atoms in total. The van der Waals surface area contributed by atoms with E-state index in [0.717, 1.165) is 15.5 Å². The molecule has 0 fully saturated rings. The lowest BCUT2D eigenvalue weighted by molar-refractivity contribution is -0.129. The summed E-state index contributed by atoms with van der Waals surface area (Å²) < 4.78 is 2.52. The van der Waals surface area contributed by atoms with Crippen LogP contribution in [0.4, 0.5) is 0 Å². The summed E-state index contributed by atoms with van der Waals surface area (Å²) in [6.07, 6.45) is 3.37. The van der Waals surface area contributed by atoms with Crippen LogP contribution in [0.3, 0.4) is 0 Å². The van der Waals surface area contributed by atoms with E-state index in [1.165, 1.54) is 0 Å². The number of nitrogens with zero attached hydrogens (tertiary/aromatic N) is 4. The Balaban J connectivity index is 2.38. The van der Waals surface area contributed by atoms with Crippen molar-refractivity contribution in [3.8, 4) is 0 Å². The van der Waals surface area contributed by atoms with Gasteiger partial charge in [-0.25, -0.2) is 0 Å². The van der Waals surface area contributed by atoms with Crippen LogP contribution < -0.4 is 0 Å². The molecule has 0 aliphatic carbocycles. The molecular weight excluding hydrogens is 272 g/mol. The number of hydrogen-bond donors (Lipinski definition) is 0. The average molecular weight is 283 g/mol. The maximum absolute atomic E-state index is 11.6. The van der Waals surface area contributed by atoms with Gasteiger partial charge >= 0.3 is 0 Å². The van der Waals surface area contributed by atoms with Crippen molar-refractivity contribution in [2.75, 3.05) is 14.1 Å². The molecule has 0 aromatic carbocycles.